The SMILES string of the molecule is CCCCCCCCCCCC(=O)OC[C@@H](COC(=O)CCCCCCCCCCCCCCCCCCCCC(C)C)OC(=O)CCCCCCCCCCCCCCCCC(C)C. The summed E-state index contributed by atoms with van der Waals surface area (Å²) in [5, 5.41) is 0. The third-order valence-corrected chi connectivity index (χ3v) is 13.5. The predicted octanol–water partition coefficient (Wildman–Crippen LogP) is 19.3. The zero-order chi connectivity index (χ0) is 47.5. The van der Waals surface area contributed by atoms with Crippen molar-refractivity contribution in [3.63, 3.8) is 0 Å². The van der Waals surface area contributed by atoms with Gasteiger partial charge >= 0.3 is 17.9 Å². The van der Waals surface area contributed by atoms with Gasteiger partial charge in [-0.2, -0.15) is 0 Å². The molecular weight excluding hydrogens is 805 g/mol. The van der Waals surface area contributed by atoms with E-state index in [4.69, 9.17) is 14.2 Å². The molecule has 1 atom stereocenters. The zero-order valence-electron chi connectivity index (χ0n) is 44.6. The van der Waals surface area contributed by atoms with E-state index in [0.29, 0.717) is 19.3 Å². The van der Waals surface area contributed by atoms with Gasteiger partial charge in [0.25, 0.3) is 0 Å². The maximum atomic E-state index is 12.8. The summed E-state index contributed by atoms with van der Waals surface area (Å²) < 4.78 is 16.9. The topological polar surface area (TPSA) is 78.9 Å². The molecule has 6 heteroatoms. The van der Waals surface area contributed by atoms with E-state index in [0.717, 1.165) is 69.6 Å². The van der Waals surface area contributed by atoms with E-state index in [9.17, 15) is 14.4 Å². The highest BCUT2D eigenvalue weighted by Gasteiger charge is 2.19. The van der Waals surface area contributed by atoms with Crippen LogP contribution in [-0.2, 0) is 28.6 Å². The molecule has 386 valence electrons. The van der Waals surface area contributed by atoms with E-state index in [-0.39, 0.29) is 31.1 Å². The minimum absolute atomic E-state index is 0.0626. The predicted molar refractivity (Wildman–Crippen MR) is 280 cm³/mol. The molecule has 0 aliphatic heterocycles. The second-order valence-electron chi connectivity index (χ2n) is 21.2. The molecule has 0 bridgehead atoms. The molecule has 0 aromatic rings. The van der Waals surface area contributed by atoms with Gasteiger partial charge < -0.3 is 14.2 Å². The van der Waals surface area contributed by atoms with E-state index in [1.165, 1.54) is 218 Å². The first-order valence-corrected chi connectivity index (χ1v) is 29.2. The Kier molecular flexibility index (Phi) is 50.5. The number of hydrogen-bond donors (Lipinski definition) is 0. The van der Waals surface area contributed by atoms with E-state index in [2.05, 4.69) is 34.6 Å². The molecule has 0 rings (SSSR count). The largest absolute Gasteiger partial charge is 0.462 e. The Morgan fingerprint density at radius 3 is 0.754 bits per heavy atom. The fourth-order valence-corrected chi connectivity index (χ4v) is 9.05. The van der Waals surface area contributed by atoms with Crippen LogP contribution in [0.4, 0.5) is 0 Å². The highest BCUT2D eigenvalue weighted by molar-refractivity contribution is 5.71. The van der Waals surface area contributed by atoms with Crippen molar-refractivity contribution in [3.8, 4) is 0 Å². The van der Waals surface area contributed by atoms with E-state index in [1.807, 2.05) is 0 Å². The third kappa shape index (κ3) is 53.2. The van der Waals surface area contributed by atoms with Crippen molar-refractivity contribution in [2.24, 2.45) is 11.8 Å². The monoisotopic (exact) mass is 919 g/mol. The van der Waals surface area contributed by atoms with Crippen molar-refractivity contribution in [3.05, 3.63) is 0 Å². The minimum Gasteiger partial charge on any atom is -0.462 e. The molecule has 65 heavy (non-hydrogen) atoms. The molecule has 0 heterocycles. The Morgan fingerprint density at radius 2 is 0.508 bits per heavy atom. The lowest BCUT2D eigenvalue weighted by Gasteiger charge is -2.18. The Balaban J connectivity index is 4.18. The van der Waals surface area contributed by atoms with Crippen LogP contribution >= 0.6 is 0 Å². The number of rotatable bonds is 53. The van der Waals surface area contributed by atoms with Crippen LogP contribution in [0.1, 0.15) is 330 Å². The van der Waals surface area contributed by atoms with Crippen LogP contribution in [0.2, 0.25) is 0 Å². The fraction of sp³-hybridized carbons (Fsp3) is 0.949. The summed E-state index contributed by atoms with van der Waals surface area (Å²) in [4.78, 5) is 38.0. The molecule has 0 amide bonds. The first kappa shape index (κ1) is 63.4. The van der Waals surface area contributed by atoms with Crippen LogP contribution in [0.15, 0.2) is 0 Å². The van der Waals surface area contributed by atoms with Gasteiger partial charge in [0.1, 0.15) is 13.2 Å². The van der Waals surface area contributed by atoms with Gasteiger partial charge in [-0.3, -0.25) is 14.4 Å². The van der Waals surface area contributed by atoms with Crippen molar-refractivity contribution in [1.29, 1.82) is 0 Å². The van der Waals surface area contributed by atoms with Crippen LogP contribution in [0.3, 0.4) is 0 Å². The number of carbonyl (C=O) groups is 3. The highest BCUT2D eigenvalue weighted by atomic mass is 16.6. The summed E-state index contributed by atoms with van der Waals surface area (Å²) in [6.07, 6.45) is 55.3. The van der Waals surface area contributed by atoms with Gasteiger partial charge in [-0.05, 0) is 31.1 Å². The molecule has 0 saturated heterocycles. The number of unbranched alkanes of at least 4 members (excludes halogenated alkanes) is 38. The van der Waals surface area contributed by atoms with Crippen LogP contribution in [0.25, 0.3) is 0 Å². The highest BCUT2D eigenvalue weighted by Crippen LogP contribution is 2.18. The summed E-state index contributed by atoms with van der Waals surface area (Å²) >= 11 is 0. The van der Waals surface area contributed by atoms with Gasteiger partial charge in [0.05, 0.1) is 0 Å². The lowest BCUT2D eigenvalue weighted by Crippen LogP contribution is -2.30. The van der Waals surface area contributed by atoms with Crippen LogP contribution in [-0.4, -0.2) is 37.2 Å². The van der Waals surface area contributed by atoms with Crippen molar-refractivity contribution >= 4 is 17.9 Å². The molecule has 0 aromatic heterocycles. The molecular formula is C59H114O6. The number of carbonyl (C=O) groups excluding carboxylic acids is 3. The van der Waals surface area contributed by atoms with Gasteiger partial charge in [0.2, 0.25) is 0 Å². The third-order valence-electron chi connectivity index (χ3n) is 13.5. The second kappa shape index (κ2) is 51.8. The summed E-state index contributed by atoms with van der Waals surface area (Å²) in [5.41, 5.74) is 0. The first-order valence-electron chi connectivity index (χ1n) is 29.2. The maximum Gasteiger partial charge on any atom is 0.306 e. The van der Waals surface area contributed by atoms with Gasteiger partial charge in [-0.15, -0.1) is 0 Å². The van der Waals surface area contributed by atoms with E-state index < -0.39 is 6.10 Å². The van der Waals surface area contributed by atoms with Gasteiger partial charge in [-0.1, -0.05) is 291 Å². The Bertz CT molecular complexity index is 993. The summed E-state index contributed by atoms with van der Waals surface area (Å²) in [5.74, 6) is 0.861. The maximum absolute atomic E-state index is 12.8. The van der Waals surface area contributed by atoms with E-state index >= 15 is 0 Å². The molecule has 0 radical (unpaired) electrons. The lowest BCUT2D eigenvalue weighted by molar-refractivity contribution is -0.167. The molecule has 0 aromatic carbocycles. The molecule has 0 saturated carbocycles. The molecule has 0 N–H and O–H groups in total. The van der Waals surface area contributed by atoms with Crippen LogP contribution < -0.4 is 0 Å². The van der Waals surface area contributed by atoms with Crippen LogP contribution in [0.5, 0.6) is 0 Å². The zero-order valence-corrected chi connectivity index (χ0v) is 44.6. The Morgan fingerprint density at radius 1 is 0.292 bits per heavy atom. The molecule has 6 nitrogen and oxygen atoms in total. The van der Waals surface area contributed by atoms with Crippen molar-refractivity contribution in [1.82, 2.24) is 0 Å². The molecule has 0 spiro atoms. The van der Waals surface area contributed by atoms with Gasteiger partial charge in [0.15, 0.2) is 6.10 Å². The van der Waals surface area contributed by atoms with Gasteiger partial charge in [-0.25, -0.2) is 0 Å². The summed E-state index contributed by atoms with van der Waals surface area (Å²) in [6.45, 7) is 11.4. The molecule has 0 aliphatic carbocycles. The van der Waals surface area contributed by atoms with Crippen molar-refractivity contribution in [2.45, 2.75) is 336 Å². The Labute approximate surface area is 406 Å². The fourth-order valence-electron chi connectivity index (χ4n) is 9.05. The van der Waals surface area contributed by atoms with E-state index in [1.54, 1.807) is 0 Å². The number of hydrogen-bond acceptors (Lipinski definition) is 6. The molecule has 0 unspecified atom stereocenters. The normalized spacial score (nSPS) is 12.0. The first-order chi connectivity index (χ1) is 31.7. The lowest BCUT2D eigenvalue weighted by atomic mass is 10.0. The van der Waals surface area contributed by atoms with Crippen molar-refractivity contribution in [2.75, 3.05) is 13.2 Å². The standard InChI is InChI=1S/C59H114O6/c1-6-7-8-9-10-27-34-39-44-49-57(60)63-52-56(65-59(62)51-46-41-36-31-26-22-18-17-20-24-29-33-38-43-48-55(4)5)53-64-58(61)50-45-40-35-30-25-21-16-14-12-11-13-15-19-23-28-32-37-42-47-54(2)3/h54-56H,6-53H2,1-5H3/t56-/m0/s1. The van der Waals surface area contributed by atoms with Gasteiger partial charge in [0, 0.05) is 19.3 Å². The smallest absolute Gasteiger partial charge is 0.306 e. The average Bonchev–Trinajstić information content (AvgIpc) is 3.28. The van der Waals surface area contributed by atoms with Crippen molar-refractivity contribution < 1.29 is 28.6 Å². The number of ether oxygens (including phenoxy) is 3. The second-order valence-corrected chi connectivity index (χ2v) is 21.2. The summed E-state index contributed by atoms with van der Waals surface area (Å²) in [7, 11) is 0. The minimum atomic E-state index is -0.762. The molecule has 0 fully saturated rings. The average molecular weight is 920 g/mol. The summed E-state index contributed by atoms with van der Waals surface area (Å²) in [6, 6.07) is 0. The quantitative estimate of drug-likeness (QED) is 0.0344. The Hall–Kier alpha value is -1.59. The van der Waals surface area contributed by atoms with Crippen LogP contribution in [0, 0.1) is 11.8 Å². The molecule has 0 aliphatic rings. The number of esters is 3.